The maximum atomic E-state index is 13.0. The zero-order chi connectivity index (χ0) is 17.8. The number of benzene rings is 2. The van der Waals surface area contributed by atoms with E-state index in [0.29, 0.717) is 25.5 Å². The Morgan fingerprint density at radius 3 is 2.56 bits per heavy atom. The monoisotopic (exact) mass is 344 g/mol. The molecule has 5 nitrogen and oxygen atoms in total. The fourth-order valence-electron chi connectivity index (χ4n) is 2.66. The molecule has 2 amide bonds. The summed E-state index contributed by atoms with van der Waals surface area (Å²) >= 11 is 0. The molecule has 1 unspecified atom stereocenters. The topological polar surface area (TPSA) is 50.8 Å². The maximum absolute atomic E-state index is 13.0. The normalized spacial score (nSPS) is 13.9. The highest BCUT2D eigenvalue weighted by atomic mass is 19.1. The van der Waals surface area contributed by atoms with Gasteiger partial charge in [0.2, 0.25) is 0 Å². The highest BCUT2D eigenvalue weighted by molar-refractivity contribution is 5.74. The Labute approximate surface area is 146 Å². The quantitative estimate of drug-likeness (QED) is 0.924. The van der Waals surface area contributed by atoms with Gasteiger partial charge >= 0.3 is 6.03 Å². The van der Waals surface area contributed by atoms with E-state index in [9.17, 15) is 9.18 Å². The molecule has 2 aromatic rings. The predicted octanol–water partition coefficient (Wildman–Crippen LogP) is 3.50. The van der Waals surface area contributed by atoms with Crippen LogP contribution >= 0.6 is 0 Å². The lowest BCUT2D eigenvalue weighted by Crippen LogP contribution is -2.38. The molecule has 3 rings (SSSR count). The number of fused-ring (bicyclic) bond motifs is 1. The van der Waals surface area contributed by atoms with Crippen molar-refractivity contribution in [1.82, 2.24) is 10.2 Å². The van der Waals surface area contributed by atoms with Crippen LogP contribution in [0.2, 0.25) is 0 Å². The van der Waals surface area contributed by atoms with Gasteiger partial charge < -0.3 is 19.7 Å². The fraction of sp³-hybridized carbons (Fsp3) is 0.316. The Bertz CT molecular complexity index is 749. The van der Waals surface area contributed by atoms with Gasteiger partial charge in [-0.1, -0.05) is 18.2 Å². The van der Waals surface area contributed by atoms with E-state index in [0.717, 1.165) is 16.9 Å². The average Bonchev–Trinajstić information content (AvgIpc) is 2.62. The number of hydrogen-bond donors (Lipinski definition) is 1. The van der Waals surface area contributed by atoms with Crippen molar-refractivity contribution < 1.29 is 18.7 Å². The Balaban J connectivity index is 1.59. The van der Waals surface area contributed by atoms with Crippen LogP contribution in [0, 0.1) is 5.82 Å². The van der Waals surface area contributed by atoms with Gasteiger partial charge in [0, 0.05) is 13.6 Å². The first-order valence-corrected chi connectivity index (χ1v) is 8.18. The molecule has 6 heteroatoms. The summed E-state index contributed by atoms with van der Waals surface area (Å²) in [6.45, 7) is 3.39. The maximum Gasteiger partial charge on any atom is 0.317 e. The molecule has 0 spiro atoms. The Hall–Kier alpha value is -2.76. The minimum Gasteiger partial charge on any atom is -0.486 e. The number of urea groups is 1. The van der Waals surface area contributed by atoms with E-state index in [-0.39, 0.29) is 17.9 Å². The zero-order valence-electron chi connectivity index (χ0n) is 14.3. The van der Waals surface area contributed by atoms with E-state index in [1.807, 2.05) is 25.1 Å². The number of carbonyl (C=O) groups is 1. The van der Waals surface area contributed by atoms with Gasteiger partial charge in [0.25, 0.3) is 0 Å². The van der Waals surface area contributed by atoms with Crippen LogP contribution in [-0.2, 0) is 6.54 Å². The van der Waals surface area contributed by atoms with E-state index in [1.54, 1.807) is 24.1 Å². The second-order valence-corrected chi connectivity index (χ2v) is 6.06. The van der Waals surface area contributed by atoms with Gasteiger partial charge in [-0.05, 0) is 42.3 Å². The van der Waals surface area contributed by atoms with Crippen molar-refractivity contribution in [2.45, 2.75) is 19.5 Å². The van der Waals surface area contributed by atoms with Gasteiger partial charge in [-0.2, -0.15) is 0 Å². The molecule has 0 saturated carbocycles. The number of halogens is 1. The molecule has 25 heavy (non-hydrogen) atoms. The molecular formula is C19H21FN2O3. The van der Waals surface area contributed by atoms with E-state index in [1.165, 1.54) is 12.1 Å². The molecule has 132 valence electrons. The summed E-state index contributed by atoms with van der Waals surface area (Å²) in [5.41, 5.74) is 1.80. The van der Waals surface area contributed by atoms with E-state index in [2.05, 4.69) is 5.32 Å². The second-order valence-electron chi connectivity index (χ2n) is 6.06. The SMILES string of the molecule is CC(NC(=O)N(C)Cc1ccc2c(c1)OCCO2)c1ccc(F)cc1. The van der Waals surface area contributed by atoms with Crippen molar-refractivity contribution >= 4 is 6.03 Å². The van der Waals surface area contributed by atoms with E-state index >= 15 is 0 Å². The van der Waals surface area contributed by atoms with Gasteiger partial charge in [0.05, 0.1) is 6.04 Å². The first-order chi connectivity index (χ1) is 12.0. The molecule has 1 aliphatic heterocycles. The Morgan fingerprint density at radius 2 is 1.84 bits per heavy atom. The molecular weight excluding hydrogens is 323 g/mol. The molecule has 0 aromatic heterocycles. The largest absolute Gasteiger partial charge is 0.486 e. The van der Waals surface area contributed by atoms with Crippen LogP contribution in [-0.4, -0.2) is 31.2 Å². The molecule has 1 aliphatic rings. The van der Waals surface area contributed by atoms with E-state index in [4.69, 9.17) is 9.47 Å². The number of rotatable bonds is 4. The molecule has 0 fully saturated rings. The predicted molar refractivity (Wildman–Crippen MR) is 92.2 cm³/mol. The molecule has 1 heterocycles. The van der Waals surface area contributed by atoms with Gasteiger partial charge in [0.1, 0.15) is 19.0 Å². The van der Waals surface area contributed by atoms with Crippen LogP contribution in [0.4, 0.5) is 9.18 Å². The summed E-state index contributed by atoms with van der Waals surface area (Å²) in [5.74, 6) is 1.14. The minimum atomic E-state index is -0.294. The summed E-state index contributed by atoms with van der Waals surface area (Å²) in [4.78, 5) is 14.0. The van der Waals surface area contributed by atoms with Crippen LogP contribution < -0.4 is 14.8 Å². The average molecular weight is 344 g/mol. The molecule has 0 bridgehead atoms. The molecule has 1 atom stereocenters. The Kier molecular flexibility index (Phi) is 5.07. The third-order valence-electron chi connectivity index (χ3n) is 4.08. The van der Waals surface area contributed by atoms with Crippen LogP contribution in [0.1, 0.15) is 24.1 Å². The minimum absolute atomic E-state index is 0.202. The molecule has 1 N–H and O–H groups in total. The van der Waals surface area contributed by atoms with Crippen LogP contribution in [0.15, 0.2) is 42.5 Å². The van der Waals surface area contributed by atoms with Gasteiger partial charge in [-0.3, -0.25) is 0 Å². The Morgan fingerprint density at radius 1 is 1.16 bits per heavy atom. The molecule has 0 radical (unpaired) electrons. The number of amides is 2. The lowest BCUT2D eigenvalue weighted by molar-refractivity contribution is 0.171. The van der Waals surface area contributed by atoms with E-state index < -0.39 is 0 Å². The van der Waals surface area contributed by atoms with Gasteiger partial charge in [-0.15, -0.1) is 0 Å². The first kappa shape index (κ1) is 17.1. The fourth-order valence-corrected chi connectivity index (χ4v) is 2.66. The van der Waals surface area contributed by atoms with Crippen molar-refractivity contribution in [3.05, 3.63) is 59.4 Å². The number of nitrogens with zero attached hydrogens (tertiary/aromatic N) is 1. The number of hydrogen-bond acceptors (Lipinski definition) is 3. The summed E-state index contributed by atoms with van der Waals surface area (Å²) < 4.78 is 24.0. The van der Waals surface area contributed by atoms with Crippen molar-refractivity contribution in [2.75, 3.05) is 20.3 Å². The van der Waals surface area contributed by atoms with Crippen molar-refractivity contribution in [1.29, 1.82) is 0 Å². The zero-order valence-corrected chi connectivity index (χ0v) is 14.3. The van der Waals surface area contributed by atoms with Crippen molar-refractivity contribution in [3.63, 3.8) is 0 Å². The van der Waals surface area contributed by atoms with Crippen molar-refractivity contribution in [2.24, 2.45) is 0 Å². The highest BCUT2D eigenvalue weighted by Gasteiger charge is 2.16. The number of nitrogens with one attached hydrogen (secondary N) is 1. The van der Waals surface area contributed by atoms with Gasteiger partial charge in [-0.25, -0.2) is 9.18 Å². The molecule has 0 saturated heterocycles. The second kappa shape index (κ2) is 7.42. The summed E-state index contributed by atoms with van der Waals surface area (Å²) in [6, 6.07) is 11.4. The number of carbonyl (C=O) groups excluding carboxylic acids is 1. The third kappa shape index (κ3) is 4.21. The summed E-state index contributed by atoms with van der Waals surface area (Å²) in [6.07, 6.45) is 0. The standard InChI is InChI=1S/C19H21FN2O3/c1-13(15-4-6-16(20)7-5-15)21-19(23)22(2)12-14-3-8-17-18(11-14)25-10-9-24-17/h3-8,11,13H,9-10,12H2,1-2H3,(H,21,23). The van der Waals surface area contributed by atoms with Crippen molar-refractivity contribution in [3.8, 4) is 11.5 Å². The highest BCUT2D eigenvalue weighted by Crippen LogP contribution is 2.31. The van der Waals surface area contributed by atoms with Crippen LogP contribution in [0.25, 0.3) is 0 Å². The molecule has 2 aromatic carbocycles. The summed E-state index contributed by atoms with van der Waals surface area (Å²) in [5, 5.41) is 2.91. The van der Waals surface area contributed by atoms with Crippen LogP contribution in [0.3, 0.4) is 0 Å². The number of ether oxygens (including phenoxy) is 2. The third-order valence-corrected chi connectivity index (χ3v) is 4.08. The lowest BCUT2D eigenvalue weighted by Gasteiger charge is -2.23. The summed E-state index contributed by atoms with van der Waals surface area (Å²) in [7, 11) is 1.73. The van der Waals surface area contributed by atoms with Crippen LogP contribution in [0.5, 0.6) is 11.5 Å². The smallest absolute Gasteiger partial charge is 0.317 e. The lowest BCUT2D eigenvalue weighted by atomic mass is 10.1. The molecule has 0 aliphatic carbocycles. The van der Waals surface area contributed by atoms with Gasteiger partial charge in [0.15, 0.2) is 11.5 Å². The first-order valence-electron chi connectivity index (χ1n) is 8.18.